The SMILES string of the molecule is N#C/C(=C/c1ccc(OCc2ccccc2C#N)c(I)c1)c1cccc([N+](=O)[O-])c1. The number of hydrogen-bond donors (Lipinski definition) is 0. The maximum atomic E-state index is 11.0. The van der Waals surface area contributed by atoms with E-state index in [9.17, 15) is 20.6 Å². The number of nitrogens with zero attached hydrogens (tertiary/aromatic N) is 3. The summed E-state index contributed by atoms with van der Waals surface area (Å²) in [6, 6.07) is 23.0. The molecule has 0 N–H and O–H groups in total. The van der Waals surface area contributed by atoms with Crippen LogP contribution in [0.25, 0.3) is 11.6 Å². The van der Waals surface area contributed by atoms with Crippen LogP contribution in [0.3, 0.4) is 0 Å². The molecule has 0 amide bonds. The van der Waals surface area contributed by atoms with Gasteiger partial charge in [0.15, 0.2) is 0 Å². The van der Waals surface area contributed by atoms with Gasteiger partial charge in [0.1, 0.15) is 12.4 Å². The summed E-state index contributed by atoms with van der Waals surface area (Å²) in [5, 5.41) is 29.7. The predicted molar refractivity (Wildman–Crippen MR) is 121 cm³/mol. The van der Waals surface area contributed by atoms with Crippen LogP contribution >= 0.6 is 22.6 Å². The van der Waals surface area contributed by atoms with Crippen LogP contribution in [0.15, 0.2) is 66.7 Å². The molecule has 0 aliphatic heterocycles. The van der Waals surface area contributed by atoms with Gasteiger partial charge in [-0.3, -0.25) is 10.1 Å². The molecule has 0 aliphatic rings. The van der Waals surface area contributed by atoms with Crippen LogP contribution in [-0.2, 0) is 6.61 Å². The van der Waals surface area contributed by atoms with E-state index in [0.717, 1.165) is 14.7 Å². The number of hydrogen-bond acceptors (Lipinski definition) is 5. The molecule has 3 rings (SSSR count). The number of ether oxygens (including phenoxy) is 1. The van der Waals surface area contributed by atoms with E-state index in [1.807, 2.05) is 24.3 Å². The summed E-state index contributed by atoms with van der Waals surface area (Å²) in [5.74, 6) is 0.661. The standard InChI is InChI=1S/C23H14IN3O3/c24-22-11-16(10-20(14-26)17-6-3-7-21(12-17)27(28)29)8-9-23(22)30-15-19-5-2-1-4-18(19)13-25/h1-12H,15H2/b20-10-. The molecule has 0 aliphatic carbocycles. The molecule has 6 nitrogen and oxygen atoms in total. The molecule has 0 bridgehead atoms. The lowest BCUT2D eigenvalue weighted by molar-refractivity contribution is -0.384. The first-order valence-electron chi connectivity index (χ1n) is 8.79. The summed E-state index contributed by atoms with van der Waals surface area (Å²) in [6.07, 6.45) is 1.68. The third kappa shape index (κ3) is 5.02. The minimum Gasteiger partial charge on any atom is -0.488 e. The van der Waals surface area contributed by atoms with Gasteiger partial charge in [-0.1, -0.05) is 36.4 Å². The first-order chi connectivity index (χ1) is 14.5. The molecule has 30 heavy (non-hydrogen) atoms. The molecule has 0 heterocycles. The van der Waals surface area contributed by atoms with Crippen molar-refractivity contribution >= 4 is 39.9 Å². The van der Waals surface area contributed by atoms with Gasteiger partial charge in [-0.25, -0.2) is 0 Å². The molecule has 3 aromatic rings. The summed E-state index contributed by atoms with van der Waals surface area (Å²) < 4.78 is 6.70. The predicted octanol–water partition coefficient (Wildman–Crippen LogP) is 5.71. The van der Waals surface area contributed by atoms with Crippen LogP contribution in [0, 0.1) is 36.3 Å². The normalized spacial score (nSPS) is 10.7. The van der Waals surface area contributed by atoms with Crippen LogP contribution in [0.1, 0.15) is 22.3 Å². The van der Waals surface area contributed by atoms with Gasteiger partial charge in [-0.05, 0) is 58.0 Å². The number of rotatable bonds is 6. The Bertz CT molecular complexity index is 1220. The Morgan fingerprint density at radius 1 is 1.10 bits per heavy atom. The van der Waals surface area contributed by atoms with E-state index in [2.05, 4.69) is 34.7 Å². The average Bonchev–Trinajstić information content (AvgIpc) is 2.77. The number of halogens is 1. The fraction of sp³-hybridized carbons (Fsp3) is 0.0435. The molecular weight excluding hydrogens is 493 g/mol. The highest BCUT2D eigenvalue weighted by Crippen LogP contribution is 2.27. The number of benzene rings is 3. The van der Waals surface area contributed by atoms with Gasteiger partial charge in [0.2, 0.25) is 0 Å². The second-order valence-electron chi connectivity index (χ2n) is 6.22. The maximum absolute atomic E-state index is 11.0. The van der Waals surface area contributed by atoms with Gasteiger partial charge in [0, 0.05) is 17.7 Å². The lowest BCUT2D eigenvalue weighted by Gasteiger charge is -2.10. The highest BCUT2D eigenvalue weighted by Gasteiger charge is 2.10. The van der Waals surface area contributed by atoms with Crippen molar-refractivity contribution in [2.24, 2.45) is 0 Å². The largest absolute Gasteiger partial charge is 0.488 e. The van der Waals surface area contributed by atoms with Gasteiger partial charge in [-0.15, -0.1) is 0 Å². The lowest BCUT2D eigenvalue weighted by atomic mass is 10.0. The third-order valence-electron chi connectivity index (χ3n) is 4.28. The van der Waals surface area contributed by atoms with Crippen molar-refractivity contribution in [3.63, 3.8) is 0 Å². The molecular formula is C23H14IN3O3. The highest BCUT2D eigenvalue weighted by molar-refractivity contribution is 14.1. The molecule has 0 saturated heterocycles. The highest BCUT2D eigenvalue weighted by atomic mass is 127. The zero-order valence-corrected chi connectivity index (χ0v) is 17.7. The Kier molecular flexibility index (Phi) is 6.79. The zero-order valence-electron chi connectivity index (χ0n) is 15.6. The van der Waals surface area contributed by atoms with Crippen LogP contribution in [-0.4, -0.2) is 4.92 Å². The van der Waals surface area contributed by atoms with E-state index in [-0.39, 0.29) is 12.3 Å². The van der Waals surface area contributed by atoms with Crippen LogP contribution in [0.2, 0.25) is 0 Å². The van der Waals surface area contributed by atoms with Gasteiger partial charge < -0.3 is 4.74 Å². The smallest absolute Gasteiger partial charge is 0.270 e. The van der Waals surface area contributed by atoms with Gasteiger partial charge >= 0.3 is 0 Å². The fourth-order valence-electron chi connectivity index (χ4n) is 2.77. The minimum atomic E-state index is -0.488. The number of nitro groups is 1. The van der Waals surface area contributed by atoms with Crippen LogP contribution in [0.5, 0.6) is 5.75 Å². The first kappa shape index (κ1) is 21.0. The molecule has 0 radical (unpaired) electrons. The minimum absolute atomic E-state index is 0.0652. The van der Waals surface area contributed by atoms with E-state index in [0.29, 0.717) is 22.4 Å². The van der Waals surface area contributed by atoms with E-state index in [1.165, 1.54) is 12.1 Å². The molecule has 7 heteroatoms. The second kappa shape index (κ2) is 9.68. The summed E-state index contributed by atoms with van der Waals surface area (Å²) >= 11 is 2.14. The average molecular weight is 507 g/mol. The van der Waals surface area contributed by atoms with Gasteiger partial charge in [0.25, 0.3) is 5.69 Å². The van der Waals surface area contributed by atoms with Crippen molar-refractivity contribution < 1.29 is 9.66 Å². The molecule has 0 spiro atoms. The maximum Gasteiger partial charge on any atom is 0.270 e. The Labute approximate surface area is 186 Å². The quantitative estimate of drug-likeness (QED) is 0.140. The summed E-state index contributed by atoms with van der Waals surface area (Å²) in [5.41, 5.74) is 2.89. The number of nitriles is 2. The van der Waals surface area contributed by atoms with Crippen molar-refractivity contribution in [2.45, 2.75) is 6.61 Å². The summed E-state index contributed by atoms with van der Waals surface area (Å²) in [7, 11) is 0. The first-order valence-corrected chi connectivity index (χ1v) is 9.86. The Hall–Kier alpha value is -3.69. The Morgan fingerprint density at radius 2 is 1.90 bits per heavy atom. The molecule has 3 aromatic carbocycles. The molecule has 146 valence electrons. The van der Waals surface area contributed by atoms with Crippen LogP contribution in [0.4, 0.5) is 5.69 Å². The second-order valence-corrected chi connectivity index (χ2v) is 7.39. The van der Waals surface area contributed by atoms with Crippen molar-refractivity contribution in [2.75, 3.05) is 0 Å². The molecule has 0 unspecified atom stereocenters. The monoisotopic (exact) mass is 507 g/mol. The van der Waals surface area contributed by atoms with E-state index < -0.39 is 4.92 Å². The Morgan fingerprint density at radius 3 is 2.60 bits per heavy atom. The number of non-ortho nitro benzene ring substituents is 1. The summed E-state index contributed by atoms with van der Waals surface area (Å²) in [4.78, 5) is 10.5. The van der Waals surface area contributed by atoms with Gasteiger partial charge in [0.05, 0.1) is 31.8 Å². The third-order valence-corrected chi connectivity index (χ3v) is 5.12. The Balaban J connectivity index is 1.82. The van der Waals surface area contributed by atoms with Crippen molar-refractivity contribution in [1.29, 1.82) is 10.5 Å². The van der Waals surface area contributed by atoms with Crippen molar-refractivity contribution in [3.05, 3.63) is 103 Å². The van der Waals surface area contributed by atoms with E-state index >= 15 is 0 Å². The summed E-state index contributed by atoms with van der Waals surface area (Å²) in [6.45, 7) is 0.270. The van der Waals surface area contributed by atoms with Crippen molar-refractivity contribution in [1.82, 2.24) is 0 Å². The van der Waals surface area contributed by atoms with E-state index in [1.54, 1.807) is 36.4 Å². The topological polar surface area (TPSA) is 99.9 Å². The van der Waals surface area contributed by atoms with Crippen molar-refractivity contribution in [3.8, 4) is 17.9 Å². The fourth-order valence-corrected chi connectivity index (χ4v) is 3.46. The number of nitro benzene ring substituents is 1. The molecule has 0 aromatic heterocycles. The lowest BCUT2D eigenvalue weighted by Crippen LogP contribution is -1.99. The zero-order chi connectivity index (χ0) is 21.5. The number of allylic oxidation sites excluding steroid dienone is 1. The van der Waals surface area contributed by atoms with Gasteiger partial charge in [-0.2, -0.15) is 10.5 Å². The van der Waals surface area contributed by atoms with E-state index in [4.69, 9.17) is 4.74 Å². The molecule has 0 saturated carbocycles. The van der Waals surface area contributed by atoms with Crippen LogP contribution < -0.4 is 4.74 Å². The molecule has 0 atom stereocenters. The molecule has 0 fully saturated rings.